The highest BCUT2D eigenvalue weighted by Crippen LogP contribution is 2.25. The number of nitrogens with zero attached hydrogens (tertiary/aromatic N) is 2. The molecular formula is C15H21N3O2. The number of rotatable bonds is 4. The van der Waals surface area contributed by atoms with Gasteiger partial charge in [0.1, 0.15) is 5.82 Å². The van der Waals surface area contributed by atoms with Gasteiger partial charge in [0.2, 0.25) is 11.8 Å². The molecule has 3 rings (SSSR count). The van der Waals surface area contributed by atoms with Gasteiger partial charge in [-0.05, 0) is 31.7 Å². The Bertz CT molecular complexity index is 480. The number of methoxy groups -OCH3 is 1. The third-order valence-electron chi connectivity index (χ3n) is 4.03. The van der Waals surface area contributed by atoms with E-state index in [1.807, 2.05) is 18.2 Å². The minimum absolute atomic E-state index is 0.164. The Kier molecular flexibility index (Phi) is 3.76. The second-order valence-electron chi connectivity index (χ2n) is 5.58. The fourth-order valence-corrected chi connectivity index (χ4v) is 2.61. The van der Waals surface area contributed by atoms with Crippen molar-refractivity contribution < 1.29 is 9.53 Å². The molecule has 1 aromatic rings. The molecule has 2 fully saturated rings. The van der Waals surface area contributed by atoms with E-state index >= 15 is 0 Å². The summed E-state index contributed by atoms with van der Waals surface area (Å²) in [6.45, 7) is 1.76. The Labute approximate surface area is 119 Å². The molecule has 5 heteroatoms. The van der Waals surface area contributed by atoms with Gasteiger partial charge in [0.15, 0.2) is 0 Å². The van der Waals surface area contributed by atoms with Gasteiger partial charge in [-0.15, -0.1) is 0 Å². The quantitative estimate of drug-likeness (QED) is 0.906. The number of hydrogen-bond acceptors (Lipinski definition) is 4. The lowest BCUT2D eigenvalue weighted by Crippen LogP contribution is -2.41. The summed E-state index contributed by atoms with van der Waals surface area (Å²) in [5.41, 5.74) is 0. The van der Waals surface area contributed by atoms with Gasteiger partial charge in [-0.1, -0.05) is 6.07 Å². The second-order valence-corrected chi connectivity index (χ2v) is 5.58. The lowest BCUT2D eigenvalue weighted by atomic mass is 9.96. The number of hydrogen-bond donors (Lipinski definition) is 1. The largest absolute Gasteiger partial charge is 0.481 e. The van der Waals surface area contributed by atoms with Crippen LogP contribution in [-0.4, -0.2) is 37.1 Å². The number of piperidine rings is 1. The normalized spacial score (nSPS) is 19.8. The summed E-state index contributed by atoms with van der Waals surface area (Å²) < 4.78 is 5.15. The molecule has 0 radical (unpaired) electrons. The van der Waals surface area contributed by atoms with Crippen molar-refractivity contribution in [2.24, 2.45) is 5.92 Å². The van der Waals surface area contributed by atoms with Crippen LogP contribution in [0.15, 0.2) is 18.2 Å². The van der Waals surface area contributed by atoms with Gasteiger partial charge in [0.05, 0.1) is 7.11 Å². The summed E-state index contributed by atoms with van der Waals surface area (Å²) in [6, 6.07) is 6.25. The topological polar surface area (TPSA) is 54.5 Å². The fourth-order valence-electron chi connectivity index (χ4n) is 2.61. The first-order valence-electron chi connectivity index (χ1n) is 7.32. The molecule has 20 heavy (non-hydrogen) atoms. The summed E-state index contributed by atoms with van der Waals surface area (Å²) in [6.07, 6.45) is 4.10. The maximum atomic E-state index is 12.0. The van der Waals surface area contributed by atoms with Gasteiger partial charge in [-0.2, -0.15) is 4.98 Å². The molecule has 1 saturated carbocycles. The van der Waals surface area contributed by atoms with Gasteiger partial charge in [0.25, 0.3) is 0 Å². The highest BCUT2D eigenvalue weighted by Gasteiger charge is 2.30. The molecule has 0 aromatic carbocycles. The first-order chi connectivity index (χ1) is 9.76. The van der Waals surface area contributed by atoms with Crippen molar-refractivity contribution in [2.45, 2.75) is 31.7 Å². The molecule has 2 heterocycles. The molecule has 0 spiro atoms. The number of nitrogens with one attached hydrogen (secondary N) is 1. The van der Waals surface area contributed by atoms with Crippen molar-refractivity contribution in [1.29, 1.82) is 0 Å². The second kappa shape index (κ2) is 5.69. The predicted molar refractivity (Wildman–Crippen MR) is 76.9 cm³/mol. The van der Waals surface area contributed by atoms with Crippen molar-refractivity contribution in [3.05, 3.63) is 18.2 Å². The molecule has 1 saturated heterocycles. The Hall–Kier alpha value is -1.78. The van der Waals surface area contributed by atoms with E-state index in [0.717, 1.165) is 44.6 Å². The molecule has 2 aliphatic rings. The maximum absolute atomic E-state index is 12.0. The SMILES string of the molecule is COc1cccc(N2CCC(C(=O)NC3CC3)CC2)n1. The van der Waals surface area contributed by atoms with Gasteiger partial charge in [-0.3, -0.25) is 4.79 Å². The van der Waals surface area contributed by atoms with E-state index in [1.54, 1.807) is 7.11 Å². The first kappa shape index (κ1) is 13.2. The standard InChI is InChI=1S/C15H21N3O2/c1-20-14-4-2-3-13(17-14)18-9-7-11(8-10-18)15(19)16-12-5-6-12/h2-4,11-12H,5-10H2,1H3,(H,16,19). The Morgan fingerprint density at radius 2 is 2.05 bits per heavy atom. The number of carbonyl (C=O) groups excluding carboxylic acids is 1. The van der Waals surface area contributed by atoms with Crippen LogP contribution in [0.25, 0.3) is 0 Å². The van der Waals surface area contributed by atoms with Gasteiger partial charge in [-0.25, -0.2) is 0 Å². The van der Waals surface area contributed by atoms with Gasteiger partial charge >= 0.3 is 0 Å². The van der Waals surface area contributed by atoms with Gasteiger partial charge in [0, 0.05) is 31.1 Å². The van der Waals surface area contributed by atoms with E-state index in [1.165, 1.54) is 0 Å². The van der Waals surface area contributed by atoms with Crippen LogP contribution in [-0.2, 0) is 4.79 Å². The van der Waals surface area contributed by atoms with Crippen LogP contribution in [0.4, 0.5) is 5.82 Å². The van der Waals surface area contributed by atoms with Crippen molar-refractivity contribution in [2.75, 3.05) is 25.1 Å². The van der Waals surface area contributed by atoms with Crippen LogP contribution >= 0.6 is 0 Å². The fraction of sp³-hybridized carbons (Fsp3) is 0.600. The average molecular weight is 275 g/mol. The zero-order valence-corrected chi connectivity index (χ0v) is 11.8. The third kappa shape index (κ3) is 3.03. The summed E-state index contributed by atoms with van der Waals surface area (Å²) in [5.74, 6) is 1.98. The van der Waals surface area contributed by atoms with Crippen molar-refractivity contribution in [1.82, 2.24) is 10.3 Å². The van der Waals surface area contributed by atoms with E-state index < -0.39 is 0 Å². The zero-order valence-electron chi connectivity index (χ0n) is 11.8. The van der Waals surface area contributed by atoms with Crippen LogP contribution in [0.2, 0.25) is 0 Å². The first-order valence-corrected chi connectivity index (χ1v) is 7.32. The number of pyridine rings is 1. The third-order valence-corrected chi connectivity index (χ3v) is 4.03. The van der Waals surface area contributed by atoms with Crippen LogP contribution in [0, 0.1) is 5.92 Å². The van der Waals surface area contributed by atoms with E-state index in [-0.39, 0.29) is 11.8 Å². The molecule has 1 N–H and O–H groups in total. The van der Waals surface area contributed by atoms with Crippen LogP contribution in [0.3, 0.4) is 0 Å². The Balaban J connectivity index is 1.55. The smallest absolute Gasteiger partial charge is 0.223 e. The van der Waals surface area contributed by atoms with E-state index in [0.29, 0.717) is 11.9 Å². The van der Waals surface area contributed by atoms with Crippen molar-refractivity contribution >= 4 is 11.7 Å². The molecule has 1 aliphatic carbocycles. The Morgan fingerprint density at radius 1 is 1.30 bits per heavy atom. The molecule has 1 aliphatic heterocycles. The number of carbonyl (C=O) groups is 1. The molecule has 1 aromatic heterocycles. The van der Waals surface area contributed by atoms with E-state index in [2.05, 4.69) is 15.2 Å². The summed E-state index contributed by atoms with van der Waals surface area (Å²) in [7, 11) is 1.63. The minimum Gasteiger partial charge on any atom is -0.481 e. The van der Waals surface area contributed by atoms with Crippen LogP contribution in [0.5, 0.6) is 5.88 Å². The van der Waals surface area contributed by atoms with Gasteiger partial charge < -0.3 is 15.0 Å². The molecular weight excluding hydrogens is 254 g/mol. The predicted octanol–water partition coefficient (Wildman–Crippen LogP) is 1.59. The summed E-state index contributed by atoms with van der Waals surface area (Å²) in [4.78, 5) is 18.7. The summed E-state index contributed by atoms with van der Waals surface area (Å²) in [5, 5.41) is 3.10. The maximum Gasteiger partial charge on any atom is 0.223 e. The van der Waals surface area contributed by atoms with Crippen LogP contribution in [0.1, 0.15) is 25.7 Å². The van der Waals surface area contributed by atoms with Crippen LogP contribution < -0.4 is 15.0 Å². The minimum atomic E-state index is 0.164. The molecule has 0 unspecified atom stereocenters. The highest BCUT2D eigenvalue weighted by atomic mass is 16.5. The number of ether oxygens (including phenoxy) is 1. The monoisotopic (exact) mass is 275 g/mol. The van der Waals surface area contributed by atoms with Crippen molar-refractivity contribution in [3.8, 4) is 5.88 Å². The molecule has 0 bridgehead atoms. The Morgan fingerprint density at radius 3 is 2.70 bits per heavy atom. The molecule has 108 valence electrons. The van der Waals surface area contributed by atoms with Crippen molar-refractivity contribution in [3.63, 3.8) is 0 Å². The lowest BCUT2D eigenvalue weighted by molar-refractivity contribution is -0.125. The number of aromatic nitrogens is 1. The van der Waals surface area contributed by atoms with E-state index in [4.69, 9.17) is 4.74 Å². The highest BCUT2D eigenvalue weighted by molar-refractivity contribution is 5.79. The molecule has 0 atom stereocenters. The average Bonchev–Trinajstić information content (AvgIpc) is 3.31. The molecule has 5 nitrogen and oxygen atoms in total. The number of amides is 1. The van der Waals surface area contributed by atoms with E-state index in [9.17, 15) is 4.79 Å². The number of anilines is 1. The molecule has 1 amide bonds. The summed E-state index contributed by atoms with van der Waals surface area (Å²) >= 11 is 0. The lowest BCUT2D eigenvalue weighted by Gasteiger charge is -2.32. The zero-order chi connectivity index (χ0) is 13.9.